The first-order chi connectivity index (χ1) is 6.22. The Morgan fingerprint density at radius 2 is 2.23 bits per heavy atom. The first-order valence-corrected chi connectivity index (χ1v) is 5.34. The molecule has 0 saturated carbocycles. The van der Waals surface area contributed by atoms with E-state index in [1.54, 1.807) is 18.9 Å². The van der Waals surface area contributed by atoms with E-state index in [-0.39, 0.29) is 0 Å². The fourth-order valence-corrected chi connectivity index (χ4v) is 1.68. The molecule has 2 nitrogen and oxygen atoms in total. The zero-order valence-corrected chi connectivity index (χ0v) is 9.10. The molecule has 1 aromatic rings. The molecule has 1 aromatic heterocycles. The van der Waals surface area contributed by atoms with Crippen LogP contribution in [0.5, 0.6) is 5.88 Å². The van der Waals surface area contributed by atoms with Gasteiger partial charge in [-0.15, -0.1) is 11.8 Å². The molecule has 0 bridgehead atoms. The van der Waals surface area contributed by atoms with E-state index in [0.29, 0.717) is 11.8 Å². The summed E-state index contributed by atoms with van der Waals surface area (Å²) < 4.78 is 5.04. The smallest absolute Gasteiger partial charge is 0.213 e. The second-order valence-corrected chi connectivity index (χ2v) is 4.26. The van der Waals surface area contributed by atoms with Gasteiger partial charge in [-0.2, -0.15) is 0 Å². The van der Waals surface area contributed by atoms with Gasteiger partial charge in [0, 0.05) is 11.8 Å². The molecule has 0 N–H and O–H groups in total. The molecule has 1 heterocycles. The third-order valence-electron chi connectivity index (χ3n) is 1.47. The van der Waals surface area contributed by atoms with Crippen LogP contribution in [0, 0.1) is 5.92 Å². The first-order valence-electron chi connectivity index (χ1n) is 4.36. The van der Waals surface area contributed by atoms with E-state index in [4.69, 9.17) is 4.74 Å². The highest BCUT2D eigenvalue weighted by Gasteiger charge is 1.99. The van der Waals surface area contributed by atoms with Crippen LogP contribution in [-0.4, -0.2) is 17.8 Å². The van der Waals surface area contributed by atoms with Crippen molar-refractivity contribution in [1.29, 1.82) is 0 Å². The fraction of sp³-hybridized carbons (Fsp3) is 0.500. The van der Waals surface area contributed by atoms with E-state index < -0.39 is 0 Å². The fourth-order valence-electron chi connectivity index (χ4n) is 0.842. The van der Waals surface area contributed by atoms with Gasteiger partial charge in [-0.1, -0.05) is 19.9 Å². The molecule has 0 radical (unpaired) electrons. The second-order valence-electron chi connectivity index (χ2n) is 3.22. The van der Waals surface area contributed by atoms with Gasteiger partial charge in [0.15, 0.2) is 0 Å². The van der Waals surface area contributed by atoms with Gasteiger partial charge < -0.3 is 4.74 Å². The molecule has 72 valence electrons. The number of hydrogen-bond acceptors (Lipinski definition) is 3. The molecule has 13 heavy (non-hydrogen) atoms. The van der Waals surface area contributed by atoms with Crippen molar-refractivity contribution in [1.82, 2.24) is 4.98 Å². The molecule has 0 unspecified atom stereocenters. The van der Waals surface area contributed by atoms with Crippen molar-refractivity contribution in [2.45, 2.75) is 18.9 Å². The zero-order chi connectivity index (χ0) is 9.68. The van der Waals surface area contributed by atoms with Crippen LogP contribution >= 0.6 is 11.8 Å². The summed E-state index contributed by atoms with van der Waals surface area (Å²) in [6.07, 6.45) is 0. The maximum Gasteiger partial charge on any atom is 0.213 e. The number of aromatic nitrogens is 1. The van der Waals surface area contributed by atoms with Gasteiger partial charge in [0.2, 0.25) is 5.88 Å². The second kappa shape index (κ2) is 5.12. The van der Waals surface area contributed by atoms with Crippen molar-refractivity contribution >= 4 is 11.8 Å². The normalized spacial score (nSPS) is 10.5. The number of rotatable bonds is 4. The Labute approximate surface area is 83.7 Å². The topological polar surface area (TPSA) is 22.1 Å². The van der Waals surface area contributed by atoms with E-state index in [1.807, 2.05) is 18.2 Å². The molecule has 0 amide bonds. The van der Waals surface area contributed by atoms with Gasteiger partial charge in [-0.3, -0.25) is 0 Å². The highest BCUT2D eigenvalue weighted by molar-refractivity contribution is 7.99. The van der Waals surface area contributed by atoms with Crippen LogP contribution in [0.15, 0.2) is 23.2 Å². The minimum absolute atomic E-state index is 0.689. The van der Waals surface area contributed by atoms with Crippen LogP contribution in [0.2, 0.25) is 0 Å². The summed E-state index contributed by atoms with van der Waals surface area (Å²) in [7, 11) is 1.64. The van der Waals surface area contributed by atoms with Gasteiger partial charge in [0.25, 0.3) is 0 Å². The lowest BCUT2D eigenvalue weighted by molar-refractivity contribution is 0.394. The summed E-state index contributed by atoms with van der Waals surface area (Å²) >= 11 is 1.77. The average Bonchev–Trinajstić information content (AvgIpc) is 2.15. The van der Waals surface area contributed by atoms with Crippen LogP contribution in [0.25, 0.3) is 0 Å². The van der Waals surface area contributed by atoms with Crippen molar-refractivity contribution in [3.63, 3.8) is 0 Å². The van der Waals surface area contributed by atoms with Crippen LogP contribution in [0.1, 0.15) is 13.8 Å². The van der Waals surface area contributed by atoms with Gasteiger partial charge in [0.1, 0.15) is 5.03 Å². The monoisotopic (exact) mass is 197 g/mol. The summed E-state index contributed by atoms with van der Waals surface area (Å²) in [5, 5.41) is 1.04. The van der Waals surface area contributed by atoms with Crippen LogP contribution in [-0.2, 0) is 0 Å². The standard InChI is InChI=1S/C10H15NOS/c1-8(2)7-13-10-6-4-5-9(11-10)12-3/h4-6,8H,7H2,1-3H3. The molecular formula is C10H15NOS. The number of nitrogens with zero attached hydrogens (tertiary/aromatic N) is 1. The number of thioether (sulfide) groups is 1. The Morgan fingerprint density at radius 3 is 2.85 bits per heavy atom. The van der Waals surface area contributed by atoms with Gasteiger partial charge in [0.05, 0.1) is 7.11 Å². The maximum absolute atomic E-state index is 5.04. The third-order valence-corrected chi connectivity index (χ3v) is 2.83. The molecule has 0 atom stereocenters. The zero-order valence-electron chi connectivity index (χ0n) is 8.28. The van der Waals surface area contributed by atoms with Gasteiger partial charge in [-0.05, 0) is 12.0 Å². The summed E-state index contributed by atoms with van der Waals surface area (Å²) in [6, 6.07) is 5.84. The van der Waals surface area contributed by atoms with Crippen molar-refractivity contribution in [2.24, 2.45) is 5.92 Å². The Bertz CT molecular complexity index is 263. The van der Waals surface area contributed by atoms with Crippen molar-refractivity contribution in [3.8, 4) is 5.88 Å². The Kier molecular flexibility index (Phi) is 4.09. The van der Waals surface area contributed by atoms with Crippen molar-refractivity contribution in [3.05, 3.63) is 18.2 Å². The van der Waals surface area contributed by atoms with Crippen LogP contribution < -0.4 is 4.74 Å². The maximum atomic E-state index is 5.04. The minimum Gasteiger partial charge on any atom is -0.481 e. The molecule has 1 rings (SSSR count). The largest absolute Gasteiger partial charge is 0.481 e. The highest BCUT2D eigenvalue weighted by atomic mass is 32.2. The van der Waals surface area contributed by atoms with E-state index in [2.05, 4.69) is 18.8 Å². The van der Waals surface area contributed by atoms with Crippen molar-refractivity contribution < 1.29 is 4.74 Å². The predicted molar refractivity (Wildman–Crippen MR) is 56.4 cm³/mol. The molecule has 0 aliphatic rings. The molecule has 0 aromatic carbocycles. The lowest BCUT2D eigenvalue weighted by Gasteiger charge is -2.04. The minimum atomic E-state index is 0.689. The van der Waals surface area contributed by atoms with Crippen LogP contribution in [0.4, 0.5) is 0 Å². The summed E-state index contributed by atoms with van der Waals surface area (Å²) in [5.41, 5.74) is 0. The summed E-state index contributed by atoms with van der Waals surface area (Å²) in [6.45, 7) is 4.40. The molecular weight excluding hydrogens is 182 g/mol. The predicted octanol–water partition coefficient (Wildman–Crippen LogP) is 2.84. The van der Waals surface area contributed by atoms with Gasteiger partial charge >= 0.3 is 0 Å². The number of hydrogen-bond donors (Lipinski definition) is 0. The Balaban J connectivity index is 2.56. The Morgan fingerprint density at radius 1 is 1.46 bits per heavy atom. The summed E-state index contributed by atoms with van der Waals surface area (Å²) in [5.74, 6) is 2.48. The molecule has 0 fully saturated rings. The van der Waals surface area contributed by atoms with Crippen LogP contribution in [0.3, 0.4) is 0 Å². The van der Waals surface area contributed by atoms with E-state index in [0.717, 1.165) is 10.8 Å². The third kappa shape index (κ3) is 3.68. The van der Waals surface area contributed by atoms with E-state index in [9.17, 15) is 0 Å². The number of pyridine rings is 1. The lowest BCUT2D eigenvalue weighted by Crippen LogP contribution is -1.93. The van der Waals surface area contributed by atoms with E-state index >= 15 is 0 Å². The molecule has 0 aliphatic heterocycles. The van der Waals surface area contributed by atoms with E-state index in [1.165, 1.54) is 0 Å². The summed E-state index contributed by atoms with van der Waals surface area (Å²) in [4.78, 5) is 4.30. The van der Waals surface area contributed by atoms with Crippen molar-refractivity contribution in [2.75, 3.05) is 12.9 Å². The number of ether oxygens (including phenoxy) is 1. The Hall–Kier alpha value is -0.700. The molecule has 3 heteroatoms. The molecule has 0 aliphatic carbocycles. The SMILES string of the molecule is COc1cccc(SCC(C)C)n1. The number of methoxy groups -OCH3 is 1. The van der Waals surface area contributed by atoms with Gasteiger partial charge in [-0.25, -0.2) is 4.98 Å². The average molecular weight is 197 g/mol. The first kappa shape index (κ1) is 10.4. The molecule has 0 spiro atoms. The highest BCUT2D eigenvalue weighted by Crippen LogP contribution is 2.20. The lowest BCUT2D eigenvalue weighted by atomic mass is 10.3. The quantitative estimate of drug-likeness (QED) is 0.693. The molecule has 0 saturated heterocycles.